The van der Waals surface area contributed by atoms with Crippen LogP contribution in [0.15, 0.2) is 66.0 Å². The molecule has 32 heavy (non-hydrogen) atoms. The molecule has 0 saturated carbocycles. The highest BCUT2D eigenvalue weighted by molar-refractivity contribution is 7.12. The largest absolute Gasteiger partial charge is 0.370 e. The van der Waals surface area contributed by atoms with Gasteiger partial charge >= 0.3 is 0 Å². The highest BCUT2D eigenvalue weighted by Crippen LogP contribution is 2.25. The molecular formula is C25H24N4O2S. The first-order chi connectivity index (χ1) is 15.6. The Kier molecular flexibility index (Phi) is 6.52. The number of anilines is 2. The van der Waals surface area contributed by atoms with E-state index in [0.29, 0.717) is 41.3 Å². The van der Waals surface area contributed by atoms with Gasteiger partial charge in [-0.25, -0.2) is 0 Å². The predicted molar refractivity (Wildman–Crippen MR) is 127 cm³/mol. The van der Waals surface area contributed by atoms with E-state index in [-0.39, 0.29) is 11.8 Å². The minimum Gasteiger partial charge on any atom is -0.370 e. The van der Waals surface area contributed by atoms with Crippen LogP contribution in [0, 0.1) is 11.3 Å². The Morgan fingerprint density at radius 1 is 0.969 bits per heavy atom. The van der Waals surface area contributed by atoms with E-state index in [0.717, 1.165) is 18.7 Å². The highest BCUT2D eigenvalue weighted by atomic mass is 32.1. The lowest BCUT2D eigenvalue weighted by Gasteiger charge is -2.26. The fraction of sp³-hybridized carbons (Fsp3) is 0.240. The van der Waals surface area contributed by atoms with Crippen LogP contribution in [0.5, 0.6) is 0 Å². The minimum atomic E-state index is -0.122. The van der Waals surface area contributed by atoms with E-state index in [9.17, 15) is 9.59 Å². The second-order valence-corrected chi connectivity index (χ2v) is 8.60. The quantitative estimate of drug-likeness (QED) is 0.603. The normalized spacial score (nSPS) is 13.9. The molecule has 3 aromatic rings. The van der Waals surface area contributed by atoms with Gasteiger partial charge < -0.3 is 14.7 Å². The molecule has 0 N–H and O–H groups in total. The van der Waals surface area contributed by atoms with Gasteiger partial charge in [0.15, 0.2) is 0 Å². The molecule has 2 aromatic carbocycles. The summed E-state index contributed by atoms with van der Waals surface area (Å²) in [5, 5.41) is 10.9. The van der Waals surface area contributed by atoms with Crippen molar-refractivity contribution in [3.05, 3.63) is 82.0 Å². The molecule has 1 saturated heterocycles. The number of carbonyl (C=O) groups excluding carboxylic acids is 2. The van der Waals surface area contributed by atoms with E-state index in [1.54, 1.807) is 24.1 Å². The van der Waals surface area contributed by atoms with Crippen LogP contribution >= 0.6 is 11.3 Å². The summed E-state index contributed by atoms with van der Waals surface area (Å²) < 4.78 is 0. The van der Waals surface area contributed by atoms with Crippen molar-refractivity contribution < 1.29 is 9.59 Å². The molecule has 6 nitrogen and oxygen atoms in total. The number of nitrogens with zero attached hydrogens (tertiary/aromatic N) is 4. The zero-order valence-electron chi connectivity index (χ0n) is 17.9. The molecule has 1 aliphatic heterocycles. The van der Waals surface area contributed by atoms with E-state index in [4.69, 9.17) is 5.26 Å². The van der Waals surface area contributed by atoms with Crippen molar-refractivity contribution in [2.75, 3.05) is 43.0 Å². The Bertz CT molecular complexity index is 1140. The van der Waals surface area contributed by atoms with Crippen LogP contribution in [-0.2, 0) is 0 Å². The third kappa shape index (κ3) is 4.51. The van der Waals surface area contributed by atoms with Gasteiger partial charge in [-0.15, -0.1) is 11.3 Å². The maximum atomic E-state index is 13.4. The van der Waals surface area contributed by atoms with Crippen molar-refractivity contribution in [3.8, 4) is 6.07 Å². The fourth-order valence-electron chi connectivity index (χ4n) is 3.92. The highest BCUT2D eigenvalue weighted by Gasteiger charge is 2.25. The molecule has 0 atom stereocenters. The Balaban J connectivity index is 1.50. The zero-order valence-corrected chi connectivity index (χ0v) is 18.7. The second-order valence-electron chi connectivity index (χ2n) is 7.65. The molecule has 0 aliphatic carbocycles. The molecule has 7 heteroatoms. The Morgan fingerprint density at radius 3 is 2.47 bits per heavy atom. The van der Waals surface area contributed by atoms with Crippen molar-refractivity contribution >= 4 is 34.5 Å². The molecule has 0 radical (unpaired) electrons. The van der Waals surface area contributed by atoms with Crippen LogP contribution in [0.4, 0.5) is 11.4 Å². The van der Waals surface area contributed by atoms with E-state index < -0.39 is 0 Å². The second kappa shape index (κ2) is 9.67. The van der Waals surface area contributed by atoms with Crippen molar-refractivity contribution in [2.45, 2.75) is 6.42 Å². The lowest BCUT2D eigenvalue weighted by molar-refractivity contribution is 0.0767. The maximum absolute atomic E-state index is 13.4. The van der Waals surface area contributed by atoms with Gasteiger partial charge in [-0.1, -0.05) is 18.2 Å². The molecule has 1 aromatic heterocycles. The van der Waals surface area contributed by atoms with Gasteiger partial charge in [-0.05, 0) is 54.3 Å². The Morgan fingerprint density at radius 2 is 1.75 bits per heavy atom. The first kappa shape index (κ1) is 21.6. The number of nitriles is 1. The van der Waals surface area contributed by atoms with Crippen molar-refractivity contribution in [3.63, 3.8) is 0 Å². The van der Waals surface area contributed by atoms with Gasteiger partial charge in [-0.2, -0.15) is 5.26 Å². The molecule has 4 rings (SSSR count). The molecule has 0 spiro atoms. The van der Waals surface area contributed by atoms with E-state index >= 15 is 0 Å². The molecule has 1 aliphatic rings. The first-order valence-corrected chi connectivity index (χ1v) is 11.4. The van der Waals surface area contributed by atoms with Crippen LogP contribution in [-0.4, -0.2) is 49.9 Å². The number of amides is 2. The number of benzene rings is 2. The van der Waals surface area contributed by atoms with E-state index in [1.165, 1.54) is 11.3 Å². The fourth-order valence-corrected chi connectivity index (χ4v) is 4.62. The topological polar surface area (TPSA) is 67.7 Å². The summed E-state index contributed by atoms with van der Waals surface area (Å²) in [7, 11) is 1.71. The average molecular weight is 445 g/mol. The standard InChI is InChI=1S/C25H24N4O2S/c1-27(25(31)23-8-4-17-32-23)22-7-3-2-6-21(22)24(30)29-14-5-13-28(15-16-29)20-11-9-19(18-26)10-12-20/h2-4,6-12,17H,5,13-16H2,1H3. The van der Waals surface area contributed by atoms with Gasteiger partial charge in [0.2, 0.25) is 0 Å². The summed E-state index contributed by atoms with van der Waals surface area (Å²) in [6.45, 7) is 2.80. The molecule has 2 amide bonds. The summed E-state index contributed by atoms with van der Waals surface area (Å²) in [4.78, 5) is 32.6. The van der Waals surface area contributed by atoms with E-state index in [1.807, 2.05) is 58.8 Å². The van der Waals surface area contributed by atoms with Crippen LogP contribution < -0.4 is 9.80 Å². The summed E-state index contributed by atoms with van der Waals surface area (Å²) in [5.74, 6) is -0.184. The molecule has 2 heterocycles. The molecular weight excluding hydrogens is 420 g/mol. The predicted octanol–water partition coefficient (Wildman–Crippen LogP) is 4.25. The van der Waals surface area contributed by atoms with Crippen LogP contribution in [0.3, 0.4) is 0 Å². The van der Waals surface area contributed by atoms with Crippen LogP contribution in [0.2, 0.25) is 0 Å². The van der Waals surface area contributed by atoms with Crippen molar-refractivity contribution in [2.24, 2.45) is 0 Å². The third-order valence-electron chi connectivity index (χ3n) is 5.68. The number of rotatable bonds is 4. The third-order valence-corrected chi connectivity index (χ3v) is 6.53. The molecule has 0 bridgehead atoms. The van der Waals surface area contributed by atoms with Crippen LogP contribution in [0.1, 0.15) is 32.0 Å². The van der Waals surface area contributed by atoms with Gasteiger partial charge in [0, 0.05) is 38.9 Å². The SMILES string of the molecule is CN(C(=O)c1cccs1)c1ccccc1C(=O)N1CCCN(c2ccc(C#N)cc2)CC1. The molecule has 162 valence electrons. The lowest BCUT2D eigenvalue weighted by Crippen LogP contribution is -2.36. The minimum absolute atomic E-state index is 0.0619. The summed E-state index contributed by atoms with van der Waals surface area (Å²) in [6.07, 6.45) is 0.845. The van der Waals surface area contributed by atoms with E-state index in [2.05, 4.69) is 11.0 Å². The summed E-state index contributed by atoms with van der Waals surface area (Å²) >= 11 is 1.39. The average Bonchev–Trinajstić information content (AvgIpc) is 3.27. The Hall–Kier alpha value is -3.63. The van der Waals surface area contributed by atoms with Crippen molar-refractivity contribution in [1.82, 2.24) is 4.90 Å². The zero-order chi connectivity index (χ0) is 22.5. The maximum Gasteiger partial charge on any atom is 0.268 e. The number of para-hydroxylation sites is 1. The smallest absolute Gasteiger partial charge is 0.268 e. The number of hydrogen-bond donors (Lipinski definition) is 0. The lowest BCUT2D eigenvalue weighted by atomic mass is 10.1. The van der Waals surface area contributed by atoms with Gasteiger partial charge in [0.1, 0.15) is 0 Å². The number of thiophene rings is 1. The van der Waals surface area contributed by atoms with Crippen LogP contribution in [0.25, 0.3) is 0 Å². The van der Waals surface area contributed by atoms with Crippen molar-refractivity contribution in [1.29, 1.82) is 5.26 Å². The Labute approximate surface area is 191 Å². The van der Waals surface area contributed by atoms with Gasteiger partial charge in [-0.3, -0.25) is 9.59 Å². The summed E-state index contributed by atoms with van der Waals surface area (Å²) in [5.41, 5.74) is 2.84. The number of hydrogen-bond acceptors (Lipinski definition) is 5. The monoisotopic (exact) mass is 444 g/mol. The number of carbonyl (C=O) groups is 2. The molecule has 0 unspecified atom stereocenters. The van der Waals surface area contributed by atoms with Gasteiger partial charge in [0.05, 0.1) is 27.8 Å². The van der Waals surface area contributed by atoms with Gasteiger partial charge in [0.25, 0.3) is 11.8 Å². The first-order valence-electron chi connectivity index (χ1n) is 10.5. The summed E-state index contributed by atoms with van der Waals surface area (Å²) in [6, 6.07) is 20.6. The molecule has 1 fully saturated rings.